The van der Waals surface area contributed by atoms with Crippen LogP contribution in [0, 0.1) is 0 Å². The fourth-order valence-electron chi connectivity index (χ4n) is 1.93. The van der Waals surface area contributed by atoms with Crippen molar-refractivity contribution in [3.05, 3.63) is 56.3 Å². The van der Waals surface area contributed by atoms with Gasteiger partial charge >= 0.3 is 0 Å². The van der Waals surface area contributed by atoms with Gasteiger partial charge in [-0.1, -0.05) is 17.7 Å². The van der Waals surface area contributed by atoms with E-state index >= 15 is 0 Å². The molecule has 3 aromatic rings. The molecule has 0 bridgehead atoms. The highest BCUT2D eigenvalue weighted by molar-refractivity contribution is 9.11. The Balaban J connectivity index is 2.04. The third-order valence-corrected chi connectivity index (χ3v) is 4.65. The van der Waals surface area contributed by atoms with Crippen molar-refractivity contribution in [1.82, 2.24) is 4.57 Å². The summed E-state index contributed by atoms with van der Waals surface area (Å²) in [5.41, 5.74) is 1.18. The first-order valence-electron chi connectivity index (χ1n) is 5.21. The topological polar surface area (TPSA) is 4.93 Å². The fraction of sp³-hybridized carbons (Fsp3) is 0.0769. The Kier molecular flexibility index (Phi) is 2.99. The molecule has 0 radical (unpaired) electrons. The van der Waals surface area contributed by atoms with Gasteiger partial charge in [0.15, 0.2) is 0 Å². The van der Waals surface area contributed by atoms with E-state index in [4.69, 9.17) is 11.6 Å². The lowest BCUT2D eigenvalue weighted by Crippen LogP contribution is -1.94. The Morgan fingerprint density at radius 2 is 2.06 bits per heavy atom. The van der Waals surface area contributed by atoms with Gasteiger partial charge in [-0.25, -0.2) is 0 Å². The Morgan fingerprint density at radius 3 is 2.82 bits per heavy atom. The van der Waals surface area contributed by atoms with Crippen molar-refractivity contribution in [1.29, 1.82) is 0 Å². The van der Waals surface area contributed by atoms with Gasteiger partial charge in [-0.3, -0.25) is 0 Å². The van der Waals surface area contributed by atoms with Crippen molar-refractivity contribution < 1.29 is 0 Å². The number of nitrogens with zero attached hydrogens (tertiary/aromatic N) is 1. The highest BCUT2D eigenvalue weighted by Crippen LogP contribution is 2.27. The second-order valence-corrected chi connectivity index (χ2v) is 6.78. The maximum Gasteiger partial charge on any atom is 0.0702 e. The Hall–Kier alpha value is -0.770. The van der Waals surface area contributed by atoms with Gasteiger partial charge in [0.1, 0.15) is 0 Å². The minimum Gasteiger partial charge on any atom is -0.342 e. The Bertz CT molecular complexity index is 671. The summed E-state index contributed by atoms with van der Waals surface area (Å²) < 4.78 is 3.39. The monoisotopic (exact) mass is 325 g/mol. The van der Waals surface area contributed by atoms with Crippen LogP contribution in [0.3, 0.4) is 0 Å². The molecule has 0 spiro atoms. The van der Waals surface area contributed by atoms with E-state index in [0.717, 1.165) is 17.0 Å². The molecule has 2 heterocycles. The van der Waals surface area contributed by atoms with Gasteiger partial charge in [-0.15, -0.1) is 11.3 Å². The minimum atomic E-state index is 0.814. The summed E-state index contributed by atoms with van der Waals surface area (Å²) in [4.78, 5) is 1.33. The predicted octanol–water partition coefficient (Wildman–Crippen LogP) is 5.17. The normalized spacial score (nSPS) is 11.2. The minimum absolute atomic E-state index is 0.814. The molecular weight excluding hydrogens is 318 g/mol. The van der Waals surface area contributed by atoms with E-state index in [1.165, 1.54) is 14.2 Å². The molecule has 4 heteroatoms. The summed E-state index contributed by atoms with van der Waals surface area (Å²) in [6.07, 6.45) is 2.09. The zero-order valence-corrected chi connectivity index (χ0v) is 12.0. The van der Waals surface area contributed by atoms with Crippen LogP contribution in [0.1, 0.15) is 4.88 Å². The van der Waals surface area contributed by atoms with Crippen LogP contribution in [0.2, 0.25) is 5.02 Å². The number of hydrogen-bond donors (Lipinski definition) is 0. The molecule has 0 unspecified atom stereocenters. The van der Waals surface area contributed by atoms with Gasteiger partial charge in [-0.05, 0) is 46.3 Å². The lowest BCUT2D eigenvalue weighted by atomic mass is 10.2. The van der Waals surface area contributed by atoms with E-state index in [1.807, 2.05) is 12.1 Å². The van der Waals surface area contributed by atoms with Crippen LogP contribution >= 0.6 is 38.9 Å². The van der Waals surface area contributed by atoms with Gasteiger partial charge in [0.2, 0.25) is 0 Å². The van der Waals surface area contributed by atoms with Gasteiger partial charge in [0, 0.05) is 27.0 Å². The Morgan fingerprint density at radius 1 is 1.18 bits per heavy atom. The molecule has 2 aromatic heterocycles. The number of benzene rings is 1. The molecule has 0 amide bonds. The van der Waals surface area contributed by atoms with Crippen molar-refractivity contribution >= 4 is 49.8 Å². The van der Waals surface area contributed by atoms with Gasteiger partial charge in [0.25, 0.3) is 0 Å². The molecule has 1 aromatic carbocycles. The van der Waals surface area contributed by atoms with E-state index in [1.54, 1.807) is 11.3 Å². The molecule has 0 N–H and O–H groups in total. The zero-order chi connectivity index (χ0) is 11.8. The molecule has 17 heavy (non-hydrogen) atoms. The molecule has 86 valence electrons. The first-order chi connectivity index (χ1) is 8.24. The van der Waals surface area contributed by atoms with Crippen molar-refractivity contribution in [2.24, 2.45) is 0 Å². The summed E-state index contributed by atoms with van der Waals surface area (Å²) in [7, 11) is 0. The van der Waals surface area contributed by atoms with Crippen LogP contribution in [-0.4, -0.2) is 4.57 Å². The maximum atomic E-state index is 6.16. The molecular formula is C13H9BrClNS. The molecule has 3 rings (SSSR count). The van der Waals surface area contributed by atoms with Crippen molar-refractivity contribution in [2.45, 2.75) is 6.54 Å². The third kappa shape index (κ3) is 2.15. The summed E-state index contributed by atoms with van der Waals surface area (Å²) in [5.74, 6) is 0. The van der Waals surface area contributed by atoms with E-state index in [2.05, 4.69) is 51.0 Å². The van der Waals surface area contributed by atoms with Gasteiger partial charge in [0.05, 0.1) is 10.3 Å². The number of rotatable bonds is 2. The predicted molar refractivity (Wildman–Crippen MR) is 78.1 cm³/mol. The van der Waals surface area contributed by atoms with Crippen LogP contribution in [0.4, 0.5) is 0 Å². The van der Waals surface area contributed by atoms with Crippen molar-refractivity contribution in [3.63, 3.8) is 0 Å². The second-order valence-electron chi connectivity index (χ2n) is 3.82. The molecule has 0 saturated heterocycles. The summed E-state index contributed by atoms with van der Waals surface area (Å²) >= 11 is 11.4. The largest absolute Gasteiger partial charge is 0.342 e. The SMILES string of the molecule is Clc1cccc2c1ccn2Cc1ccc(Br)s1. The first kappa shape index (κ1) is 11.3. The molecule has 0 aliphatic heterocycles. The second kappa shape index (κ2) is 4.48. The van der Waals surface area contributed by atoms with Crippen LogP contribution < -0.4 is 0 Å². The number of thiophene rings is 1. The average Bonchev–Trinajstić information content (AvgIpc) is 2.88. The van der Waals surface area contributed by atoms with Crippen LogP contribution in [0.15, 0.2) is 46.4 Å². The smallest absolute Gasteiger partial charge is 0.0702 e. The lowest BCUT2D eigenvalue weighted by molar-refractivity contribution is 0.852. The first-order valence-corrected chi connectivity index (χ1v) is 7.20. The number of halogens is 2. The molecule has 0 fully saturated rings. The van der Waals surface area contributed by atoms with E-state index in [-0.39, 0.29) is 0 Å². The van der Waals surface area contributed by atoms with Gasteiger partial charge in [-0.2, -0.15) is 0 Å². The molecule has 0 atom stereocenters. The summed E-state index contributed by atoms with van der Waals surface area (Å²) in [6, 6.07) is 12.3. The van der Waals surface area contributed by atoms with Crippen molar-refractivity contribution in [3.8, 4) is 0 Å². The highest BCUT2D eigenvalue weighted by atomic mass is 79.9. The third-order valence-electron chi connectivity index (χ3n) is 2.72. The highest BCUT2D eigenvalue weighted by Gasteiger charge is 2.05. The van der Waals surface area contributed by atoms with E-state index < -0.39 is 0 Å². The van der Waals surface area contributed by atoms with E-state index in [0.29, 0.717) is 0 Å². The lowest BCUT2D eigenvalue weighted by Gasteiger charge is -2.03. The molecule has 0 aliphatic rings. The molecule has 1 nitrogen and oxygen atoms in total. The number of hydrogen-bond acceptors (Lipinski definition) is 1. The standard InChI is InChI=1S/C13H9BrClNS/c14-13-5-4-9(17-13)8-16-7-6-10-11(15)2-1-3-12(10)16/h1-7H,8H2. The summed E-state index contributed by atoms with van der Waals surface area (Å²) in [6.45, 7) is 0.889. The summed E-state index contributed by atoms with van der Waals surface area (Å²) in [5, 5.41) is 1.93. The van der Waals surface area contributed by atoms with E-state index in [9.17, 15) is 0 Å². The number of aromatic nitrogens is 1. The maximum absolute atomic E-state index is 6.16. The van der Waals surface area contributed by atoms with Crippen LogP contribution in [0.5, 0.6) is 0 Å². The number of fused-ring (bicyclic) bond motifs is 1. The quantitative estimate of drug-likeness (QED) is 0.612. The van der Waals surface area contributed by atoms with Crippen molar-refractivity contribution in [2.75, 3.05) is 0 Å². The zero-order valence-electron chi connectivity index (χ0n) is 8.86. The Labute approximate surface area is 117 Å². The molecule has 0 aliphatic carbocycles. The fourth-order valence-corrected chi connectivity index (χ4v) is 3.64. The van der Waals surface area contributed by atoms with Crippen LogP contribution in [-0.2, 0) is 6.54 Å². The van der Waals surface area contributed by atoms with Gasteiger partial charge < -0.3 is 4.57 Å². The van der Waals surface area contributed by atoms with Crippen LogP contribution in [0.25, 0.3) is 10.9 Å². The average molecular weight is 327 g/mol. The molecule has 0 saturated carbocycles.